The summed E-state index contributed by atoms with van der Waals surface area (Å²) in [6.45, 7) is 0. The highest BCUT2D eigenvalue weighted by atomic mass is 79.9. The summed E-state index contributed by atoms with van der Waals surface area (Å²) in [6, 6.07) is 2.59. The number of Topliss-reactive ketones (excluding diaryl/α,β-unsaturated/α-hetero) is 1. The molecule has 1 heterocycles. The Morgan fingerprint density at radius 3 is 2.60 bits per heavy atom. The zero-order valence-electron chi connectivity index (χ0n) is 7.20. The summed E-state index contributed by atoms with van der Waals surface area (Å²) in [5.41, 5.74) is 0.436. The molecule has 15 heavy (non-hydrogen) atoms. The van der Waals surface area contributed by atoms with Crippen LogP contribution in [0, 0.1) is 0 Å². The third-order valence-electron chi connectivity index (χ3n) is 2.04. The lowest BCUT2D eigenvalue weighted by Gasteiger charge is -2.02. The van der Waals surface area contributed by atoms with Gasteiger partial charge in [-0.3, -0.25) is 9.59 Å². The molecule has 1 aliphatic heterocycles. The van der Waals surface area contributed by atoms with Gasteiger partial charge in [0.2, 0.25) is 0 Å². The molecule has 0 fully saturated rings. The number of carbonyl (C=O) groups is 3. The Kier molecular flexibility index (Phi) is 2.08. The smallest absolute Gasteiger partial charge is 0.336 e. The van der Waals surface area contributed by atoms with Crippen LogP contribution in [0.4, 0.5) is 5.69 Å². The second-order valence-corrected chi connectivity index (χ2v) is 3.82. The molecule has 0 atom stereocenters. The first-order valence-corrected chi connectivity index (χ1v) is 4.72. The van der Waals surface area contributed by atoms with E-state index in [2.05, 4.69) is 21.2 Å². The van der Waals surface area contributed by atoms with Crippen LogP contribution in [0.15, 0.2) is 16.6 Å². The van der Waals surface area contributed by atoms with Gasteiger partial charge in [0.05, 0.1) is 16.8 Å². The molecule has 5 nitrogen and oxygen atoms in total. The first kappa shape index (κ1) is 9.85. The van der Waals surface area contributed by atoms with E-state index in [1.807, 2.05) is 0 Å². The summed E-state index contributed by atoms with van der Waals surface area (Å²) >= 11 is 3.03. The number of aromatic carboxylic acids is 1. The number of nitrogens with one attached hydrogen (secondary N) is 1. The van der Waals surface area contributed by atoms with E-state index in [9.17, 15) is 14.4 Å². The van der Waals surface area contributed by atoms with Crippen LogP contribution in [-0.2, 0) is 4.79 Å². The lowest BCUT2D eigenvalue weighted by Crippen LogP contribution is -2.12. The number of carboxylic acids is 1. The van der Waals surface area contributed by atoms with Crippen molar-refractivity contribution in [2.75, 3.05) is 5.32 Å². The molecule has 2 N–H and O–H groups in total. The van der Waals surface area contributed by atoms with Crippen LogP contribution in [0.25, 0.3) is 0 Å². The highest BCUT2D eigenvalue weighted by molar-refractivity contribution is 9.10. The standard InChI is InChI=1S/C9H4BrNO4/c10-5-1-4-6(2-3(5)9(14)15)11-8(13)7(4)12/h1-2H,(H,14,15)(H,11,12,13). The van der Waals surface area contributed by atoms with E-state index in [1.165, 1.54) is 12.1 Å². The average molecular weight is 270 g/mol. The van der Waals surface area contributed by atoms with Crippen LogP contribution in [-0.4, -0.2) is 22.8 Å². The fraction of sp³-hybridized carbons (Fsp3) is 0. The molecular formula is C9H4BrNO4. The minimum atomic E-state index is -1.13. The van der Waals surface area contributed by atoms with E-state index in [0.717, 1.165) is 0 Å². The van der Waals surface area contributed by atoms with Gasteiger partial charge < -0.3 is 10.4 Å². The molecule has 1 amide bonds. The van der Waals surface area contributed by atoms with Gasteiger partial charge in [0, 0.05) is 4.47 Å². The number of benzene rings is 1. The predicted molar refractivity (Wildman–Crippen MR) is 54.1 cm³/mol. The maximum absolute atomic E-state index is 11.2. The highest BCUT2D eigenvalue weighted by Gasteiger charge is 2.29. The van der Waals surface area contributed by atoms with Crippen molar-refractivity contribution in [1.82, 2.24) is 0 Å². The summed E-state index contributed by atoms with van der Waals surface area (Å²) in [4.78, 5) is 33.0. The predicted octanol–water partition coefficient (Wildman–Crippen LogP) is 1.28. The Morgan fingerprint density at radius 1 is 1.33 bits per heavy atom. The van der Waals surface area contributed by atoms with Crippen LogP contribution in [0.3, 0.4) is 0 Å². The molecule has 0 saturated heterocycles. The number of ketones is 1. The molecule has 6 heteroatoms. The lowest BCUT2D eigenvalue weighted by molar-refractivity contribution is -0.112. The van der Waals surface area contributed by atoms with Gasteiger partial charge in [-0.2, -0.15) is 0 Å². The molecule has 1 aromatic rings. The van der Waals surface area contributed by atoms with Crippen molar-refractivity contribution in [2.45, 2.75) is 0 Å². The summed E-state index contributed by atoms with van der Waals surface area (Å²) in [6.07, 6.45) is 0. The Bertz CT molecular complexity index is 509. The van der Waals surface area contributed by atoms with Crippen LogP contribution in [0.5, 0.6) is 0 Å². The Balaban J connectivity index is 2.64. The molecule has 2 rings (SSSR count). The molecular weight excluding hydrogens is 266 g/mol. The molecule has 0 spiro atoms. The van der Waals surface area contributed by atoms with Crippen LogP contribution < -0.4 is 5.32 Å². The summed E-state index contributed by atoms with van der Waals surface area (Å²) in [5, 5.41) is 11.1. The molecule has 0 aromatic heterocycles. The van der Waals surface area contributed by atoms with Crippen LogP contribution in [0.2, 0.25) is 0 Å². The summed E-state index contributed by atoms with van der Waals surface area (Å²) in [7, 11) is 0. The first-order valence-electron chi connectivity index (χ1n) is 3.93. The van der Waals surface area contributed by atoms with Crippen molar-refractivity contribution in [3.63, 3.8) is 0 Å². The maximum Gasteiger partial charge on any atom is 0.336 e. The molecule has 0 radical (unpaired) electrons. The Hall–Kier alpha value is -1.69. The topological polar surface area (TPSA) is 83.5 Å². The average Bonchev–Trinajstić information content (AvgIpc) is 2.43. The molecule has 0 unspecified atom stereocenters. The van der Waals surface area contributed by atoms with Gasteiger partial charge in [0.1, 0.15) is 0 Å². The number of fused-ring (bicyclic) bond motifs is 1. The van der Waals surface area contributed by atoms with Crippen LogP contribution in [0.1, 0.15) is 20.7 Å². The van der Waals surface area contributed by atoms with Crippen molar-refractivity contribution < 1.29 is 19.5 Å². The van der Waals surface area contributed by atoms with E-state index < -0.39 is 17.7 Å². The SMILES string of the molecule is O=C1Nc2cc(C(=O)O)c(Br)cc2C1=O. The van der Waals surface area contributed by atoms with Gasteiger partial charge in [-0.1, -0.05) is 0 Å². The molecule has 0 saturated carbocycles. The number of halogens is 1. The van der Waals surface area contributed by atoms with Crippen molar-refractivity contribution >= 4 is 39.3 Å². The number of rotatable bonds is 1. The minimum absolute atomic E-state index is 0.00347. The zero-order valence-corrected chi connectivity index (χ0v) is 8.79. The van der Waals surface area contributed by atoms with E-state index >= 15 is 0 Å². The molecule has 76 valence electrons. The Labute approximate surface area is 92.2 Å². The summed E-state index contributed by atoms with van der Waals surface area (Å²) < 4.78 is 0.276. The maximum atomic E-state index is 11.2. The van der Waals surface area contributed by atoms with Crippen LogP contribution >= 0.6 is 15.9 Å². The number of carboxylic acid groups (broad SMARTS) is 1. The molecule has 0 bridgehead atoms. The van der Waals surface area contributed by atoms with Crippen molar-refractivity contribution in [3.05, 3.63) is 27.7 Å². The highest BCUT2D eigenvalue weighted by Crippen LogP contribution is 2.29. The van der Waals surface area contributed by atoms with Gasteiger partial charge in [0.15, 0.2) is 0 Å². The first-order chi connectivity index (χ1) is 7.00. The van der Waals surface area contributed by atoms with Gasteiger partial charge in [-0.15, -0.1) is 0 Å². The van der Waals surface area contributed by atoms with Gasteiger partial charge in [0.25, 0.3) is 11.7 Å². The molecule has 1 aliphatic rings. The van der Waals surface area contributed by atoms with Gasteiger partial charge >= 0.3 is 5.97 Å². The third kappa shape index (κ3) is 1.42. The van der Waals surface area contributed by atoms with Gasteiger partial charge in [-0.05, 0) is 28.1 Å². The quantitative estimate of drug-likeness (QED) is 0.753. The monoisotopic (exact) mass is 269 g/mol. The second kappa shape index (κ2) is 3.16. The van der Waals surface area contributed by atoms with Crippen molar-refractivity contribution in [2.24, 2.45) is 0 Å². The van der Waals surface area contributed by atoms with E-state index in [4.69, 9.17) is 5.11 Å². The summed E-state index contributed by atoms with van der Waals surface area (Å²) in [5.74, 6) is -2.51. The number of amides is 1. The normalized spacial score (nSPS) is 13.7. The van der Waals surface area contributed by atoms with E-state index in [0.29, 0.717) is 0 Å². The largest absolute Gasteiger partial charge is 0.478 e. The lowest BCUT2D eigenvalue weighted by atomic mass is 10.1. The van der Waals surface area contributed by atoms with Gasteiger partial charge in [-0.25, -0.2) is 4.79 Å². The number of anilines is 1. The second-order valence-electron chi connectivity index (χ2n) is 2.97. The van der Waals surface area contributed by atoms with Crippen molar-refractivity contribution in [3.8, 4) is 0 Å². The number of hydrogen-bond acceptors (Lipinski definition) is 3. The number of hydrogen-bond donors (Lipinski definition) is 2. The molecule has 1 aromatic carbocycles. The van der Waals surface area contributed by atoms with Crippen molar-refractivity contribution in [1.29, 1.82) is 0 Å². The fourth-order valence-electron chi connectivity index (χ4n) is 1.33. The third-order valence-corrected chi connectivity index (χ3v) is 2.69. The Morgan fingerprint density at radius 2 is 2.00 bits per heavy atom. The fourth-order valence-corrected chi connectivity index (χ4v) is 1.84. The molecule has 0 aliphatic carbocycles. The number of carbonyl (C=O) groups excluding carboxylic acids is 2. The minimum Gasteiger partial charge on any atom is -0.478 e. The zero-order chi connectivity index (χ0) is 11.2. The van der Waals surface area contributed by atoms with E-state index in [-0.39, 0.29) is 21.3 Å². The van der Waals surface area contributed by atoms with E-state index in [1.54, 1.807) is 0 Å².